The number of H-pyrrole nitrogens is 1. The van der Waals surface area contributed by atoms with E-state index in [9.17, 15) is 4.79 Å². The van der Waals surface area contributed by atoms with Crippen LogP contribution in [0.4, 0.5) is 5.95 Å². The molecule has 0 saturated carbocycles. The van der Waals surface area contributed by atoms with Gasteiger partial charge in [-0.2, -0.15) is 0 Å². The van der Waals surface area contributed by atoms with E-state index in [1.807, 2.05) is 24.3 Å². The van der Waals surface area contributed by atoms with Crippen molar-refractivity contribution in [3.63, 3.8) is 0 Å². The van der Waals surface area contributed by atoms with Gasteiger partial charge in [-0.1, -0.05) is 109 Å². The molecule has 6 nitrogen and oxygen atoms in total. The quantitative estimate of drug-likeness (QED) is 0.195. The van der Waals surface area contributed by atoms with E-state index in [2.05, 4.69) is 92.6 Å². The van der Waals surface area contributed by atoms with Crippen molar-refractivity contribution in [3.8, 4) is 0 Å². The number of aromatic nitrogens is 4. The van der Waals surface area contributed by atoms with Crippen LogP contribution in [0, 0.1) is 5.92 Å². The van der Waals surface area contributed by atoms with Crippen molar-refractivity contribution in [1.29, 1.82) is 0 Å². The number of nitrogens with zero attached hydrogens (tertiary/aromatic N) is 3. The van der Waals surface area contributed by atoms with E-state index in [0.29, 0.717) is 11.5 Å². The van der Waals surface area contributed by atoms with Gasteiger partial charge in [0.15, 0.2) is 0 Å². The first-order valence-electron chi connectivity index (χ1n) is 14.6. The standard InChI is InChI=1S/C33H45N5O/c1-8-9-10-11-12-13-14-26-20-28-29(33(6,7)23(3)32(28,4)5)21-27(26)22(2)19-24-15-17-25(18-16-24)30(39)34-31-35-37-38-36-31/h15-21,23H,8-14H2,1-7H3,(H2,34,35,36,37,38,39). The van der Waals surface area contributed by atoms with Crippen molar-refractivity contribution in [2.75, 3.05) is 5.32 Å². The van der Waals surface area contributed by atoms with Crippen LogP contribution in [-0.2, 0) is 17.3 Å². The molecule has 6 heteroatoms. The highest BCUT2D eigenvalue weighted by molar-refractivity contribution is 6.03. The number of amides is 1. The Hall–Kier alpha value is -3.28. The maximum Gasteiger partial charge on any atom is 0.258 e. The fourth-order valence-electron chi connectivity index (χ4n) is 6.20. The Morgan fingerprint density at radius 1 is 0.974 bits per heavy atom. The Kier molecular flexibility index (Phi) is 8.73. The number of tetrazole rings is 1. The van der Waals surface area contributed by atoms with Crippen molar-refractivity contribution in [2.45, 2.75) is 104 Å². The molecule has 2 N–H and O–H groups in total. The lowest BCUT2D eigenvalue weighted by Gasteiger charge is -2.32. The number of anilines is 1. The molecule has 0 bridgehead atoms. The third kappa shape index (κ3) is 6.15. The van der Waals surface area contributed by atoms with Gasteiger partial charge in [0.05, 0.1) is 0 Å². The van der Waals surface area contributed by atoms with Crippen LogP contribution in [0.25, 0.3) is 11.6 Å². The topological polar surface area (TPSA) is 83.6 Å². The van der Waals surface area contributed by atoms with Gasteiger partial charge in [-0.25, -0.2) is 5.10 Å². The molecule has 3 aromatic rings. The number of unbranched alkanes of at least 4 members (excludes halogenated alkanes) is 5. The third-order valence-corrected chi connectivity index (χ3v) is 9.15. The molecule has 1 aromatic heterocycles. The molecular weight excluding hydrogens is 482 g/mol. The summed E-state index contributed by atoms with van der Waals surface area (Å²) in [6, 6.07) is 12.7. The fourth-order valence-corrected chi connectivity index (χ4v) is 6.20. The Balaban J connectivity index is 1.61. The minimum atomic E-state index is -0.250. The lowest BCUT2D eigenvalue weighted by Crippen LogP contribution is -2.30. The summed E-state index contributed by atoms with van der Waals surface area (Å²) in [5.41, 5.74) is 9.01. The second kappa shape index (κ2) is 11.8. The number of rotatable bonds is 11. The smallest absolute Gasteiger partial charge is 0.258 e. The number of aryl methyl sites for hydroxylation is 1. The van der Waals surface area contributed by atoms with Gasteiger partial charge in [0.1, 0.15) is 0 Å². The minimum Gasteiger partial charge on any atom is -0.289 e. The Morgan fingerprint density at radius 2 is 1.62 bits per heavy atom. The highest BCUT2D eigenvalue weighted by Gasteiger charge is 2.48. The van der Waals surface area contributed by atoms with Gasteiger partial charge in [0.25, 0.3) is 5.91 Å². The van der Waals surface area contributed by atoms with Gasteiger partial charge in [-0.15, -0.1) is 0 Å². The molecule has 0 spiro atoms. The van der Waals surface area contributed by atoms with Crippen LogP contribution in [0.5, 0.6) is 0 Å². The number of fused-ring (bicyclic) bond motifs is 1. The molecular formula is C33H45N5O. The van der Waals surface area contributed by atoms with E-state index in [0.717, 1.165) is 12.0 Å². The fraction of sp³-hybridized carbons (Fsp3) is 0.515. The van der Waals surface area contributed by atoms with Crippen molar-refractivity contribution in [3.05, 3.63) is 69.8 Å². The average molecular weight is 528 g/mol. The monoisotopic (exact) mass is 527 g/mol. The van der Waals surface area contributed by atoms with Crippen molar-refractivity contribution in [1.82, 2.24) is 20.6 Å². The summed E-state index contributed by atoms with van der Waals surface area (Å²) in [6.45, 7) is 16.5. The zero-order valence-electron chi connectivity index (χ0n) is 24.8. The Morgan fingerprint density at radius 3 is 2.26 bits per heavy atom. The minimum absolute atomic E-state index is 0.126. The van der Waals surface area contributed by atoms with Gasteiger partial charge < -0.3 is 0 Å². The number of hydrogen-bond donors (Lipinski definition) is 2. The summed E-state index contributed by atoms with van der Waals surface area (Å²) < 4.78 is 0. The van der Waals surface area contributed by atoms with Crippen molar-refractivity contribution < 1.29 is 4.79 Å². The number of aromatic amines is 1. The van der Waals surface area contributed by atoms with Crippen LogP contribution in [0.3, 0.4) is 0 Å². The molecule has 1 aliphatic rings. The molecule has 1 heterocycles. The lowest BCUT2D eigenvalue weighted by atomic mass is 9.71. The van der Waals surface area contributed by atoms with Gasteiger partial charge in [0, 0.05) is 5.56 Å². The zero-order chi connectivity index (χ0) is 28.2. The second-order valence-corrected chi connectivity index (χ2v) is 12.4. The van der Waals surface area contributed by atoms with Crippen LogP contribution in [0.2, 0.25) is 0 Å². The summed E-state index contributed by atoms with van der Waals surface area (Å²) >= 11 is 0. The van der Waals surface area contributed by atoms with E-state index in [1.54, 1.807) is 0 Å². The first kappa shape index (κ1) is 28.7. The Bertz CT molecular complexity index is 1300. The first-order valence-corrected chi connectivity index (χ1v) is 14.6. The molecule has 4 rings (SSSR count). The van der Waals surface area contributed by atoms with Crippen LogP contribution < -0.4 is 5.32 Å². The van der Waals surface area contributed by atoms with Gasteiger partial charge in [-0.05, 0) is 92.5 Å². The molecule has 1 aliphatic carbocycles. The van der Waals surface area contributed by atoms with Crippen LogP contribution in [0.15, 0.2) is 36.4 Å². The number of carbonyl (C=O) groups is 1. The predicted molar refractivity (Wildman–Crippen MR) is 161 cm³/mol. The number of benzene rings is 2. The number of nitrogens with one attached hydrogen (secondary N) is 2. The first-order chi connectivity index (χ1) is 18.6. The summed E-state index contributed by atoms with van der Waals surface area (Å²) in [7, 11) is 0. The van der Waals surface area contributed by atoms with E-state index in [-0.39, 0.29) is 22.7 Å². The normalized spacial score (nSPS) is 17.7. The highest BCUT2D eigenvalue weighted by atomic mass is 16.1. The van der Waals surface area contributed by atoms with Crippen LogP contribution >= 0.6 is 0 Å². The molecule has 1 unspecified atom stereocenters. The van der Waals surface area contributed by atoms with Gasteiger partial charge >= 0.3 is 0 Å². The maximum atomic E-state index is 12.5. The number of carbonyl (C=O) groups excluding carboxylic acids is 1. The van der Waals surface area contributed by atoms with Gasteiger partial charge in [0.2, 0.25) is 5.95 Å². The molecule has 0 radical (unpaired) electrons. The highest BCUT2D eigenvalue weighted by Crippen LogP contribution is 2.54. The molecule has 1 amide bonds. The van der Waals surface area contributed by atoms with Crippen molar-refractivity contribution >= 4 is 23.5 Å². The third-order valence-electron chi connectivity index (χ3n) is 9.15. The summed E-state index contributed by atoms with van der Waals surface area (Å²) in [5, 5.41) is 15.9. The SMILES string of the molecule is CCCCCCCCc1cc2c(cc1C(C)=Cc1ccc(C(=O)Nc3nnn[nH]3)cc1)C(C)(C)C(C)C2(C)C. The molecule has 39 heavy (non-hydrogen) atoms. The van der Waals surface area contributed by atoms with Crippen molar-refractivity contribution in [2.24, 2.45) is 5.92 Å². The lowest BCUT2D eigenvalue weighted by molar-refractivity contribution is 0.102. The predicted octanol–water partition coefficient (Wildman–Crippen LogP) is 8.12. The maximum absolute atomic E-state index is 12.5. The summed E-state index contributed by atoms with van der Waals surface area (Å²) in [6.07, 6.45) is 11.2. The molecule has 1 atom stereocenters. The second-order valence-electron chi connectivity index (χ2n) is 12.4. The molecule has 0 saturated heterocycles. The zero-order valence-corrected chi connectivity index (χ0v) is 24.8. The van der Waals surface area contributed by atoms with E-state index < -0.39 is 0 Å². The Labute approximate surface area is 234 Å². The summed E-state index contributed by atoms with van der Waals surface area (Å²) in [4.78, 5) is 12.5. The average Bonchev–Trinajstić information content (AvgIpc) is 3.46. The molecule has 208 valence electrons. The van der Waals surface area contributed by atoms with E-state index in [4.69, 9.17) is 0 Å². The van der Waals surface area contributed by atoms with Gasteiger partial charge in [-0.3, -0.25) is 10.1 Å². The largest absolute Gasteiger partial charge is 0.289 e. The summed E-state index contributed by atoms with van der Waals surface area (Å²) in [5.74, 6) is 0.544. The molecule has 0 fully saturated rings. The van der Waals surface area contributed by atoms with E-state index >= 15 is 0 Å². The molecule has 2 aromatic carbocycles. The van der Waals surface area contributed by atoms with E-state index in [1.165, 1.54) is 66.4 Å². The van der Waals surface area contributed by atoms with Crippen LogP contribution in [-0.4, -0.2) is 26.5 Å². The molecule has 0 aliphatic heterocycles. The van der Waals surface area contributed by atoms with Crippen LogP contribution in [0.1, 0.15) is 125 Å². The number of allylic oxidation sites excluding steroid dienone is 1. The number of hydrogen-bond acceptors (Lipinski definition) is 4.